The Hall–Kier alpha value is -6.76. The van der Waals surface area contributed by atoms with Gasteiger partial charge in [-0.15, -0.1) is 0 Å². The first-order valence-corrected chi connectivity index (χ1v) is 23.0. The molecule has 10 aromatic rings. The highest BCUT2D eigenvalue weighted by Crippen LogP contribution is 2.45. The Balaban J connectivity index is 0.000000164. The zero-order valence-corrected chi connectivity index (χ0v) is 39.6. The molecular weight excluding hydrogens is 769 g/mol. The van der Waals surface area contributed by atoms with Gasteiger partial charge in [-0.2, -0.15) is 0 Å². The second-order valence-electron chi connectivity index (χ2n) is 18.7. The van der Waals surface area contributed by atoms with Crippen LogP contribution in [0.15, 0.2) is 206 Å². The summed E-state index contributed by atoms with van der Waals surface area (Å²) < 4.78 is 0. The van der Waals surface area contributed by atoms with E-state index in [0.717, 1.165) is 0 Å². The Morgan fingerprint density at radius 3 is 1.09 bits per heavy atom. The summed E-state index contributed by atoms with van der Waals surface area (Å²) in [5.41, 5.74) is 13.4. The maximum absolute atomic E-state index is 2.42. The van der Waals surface area contributed by atoms with E-state index in [-0.39, 0.29) is 10.8 Å². The summed E-state index contributed by atoms with van der Waals surface area (Å²) in [5.74, 6) is 0. The average Bonchev–Trinajstić information content (AvgIpc) is 3.31. The number of hydrogen-bond acceptors (Lipinski definition) is 0. The Bertz CT molecular complexity index is 3050. The van der Waals surface area contributed by atoms with Crippen molar-refractivity contribution in [3.63, 3.8) is 0 Å². The summed E-state index contributed by atoms with van der Waals surface area (Å²) in [6.45, 7) is 21.9. The van der Waals surface area contributed by atoms with Crippen LogP contribution in [0, 0.1) is 13.8 Å². The molecule has 0 aliphatic carbocycles. The highest BCUT2D eigenvalue weighted by atomic mass is 14.2. The van der Waals surface area contributed by atoms with Gasteiger partial charge >= 0.3 is 0 Å². The SMILES string of the molecule is CC.CC(C)(C)c1ccc(-c2c3ccccc3cc3ccccc23)cc1.Cc1ccc2c(-c3ccccc3)c3cc(C(C)(C)C)ccc3c(-c3ccccc3)c2c1.Cc1ccccc1. The van der Waals surface area contributed by atoms with Crippen molar-refractivity contribution in [3.8, 4) is 33.4 Å². The maximum atomic E-state index is 2.42. The largest absolute Gasteiger partial charge is 0.0683 e. The van der Waals surface area contributed by atoms with Crippen molar-refractivity contribution in [1.82, 2.24) is 0 Å². The lowest BCUT2D eigenvalue weighted by Gasteiger charge is -2.23. The predicted octanol–water partition coefficient (Wildman–Crippen LogP) is 18.9. The van der Waals surface area contributed by atoms with Gasteiger partial charge in [0.05, 0.1) is 0 Å². The van der Waals surface area contributed by atoms with E-state index in [9.17, 15) is 0 Å². The first-order valence-electron chi connectivity index (χ1n) is 23.0. The molecule has 0 fully saturated rings. The minimum atomic E-state index is 0.0945. The number of fused-ring (bicyclic) bond motifs is 4. The minimum absolute atomic E-state index is 0.0945. The summed E-state index contributed by atoms with van der Waals surface area (Å²) in [6.07, 6.45) is 0. The molecule has 10 rings (SSSR count). The maximum Gasteiger partial charge on any atom is -0.00263 e. The van der Waals surface area contributed by atoms with Gasteiger partial charge in [0.2, 0.25) is 0 Å². The van der Waals surface area contributed by atoms with E-state index in [4.69, 9.17) is 0 Å². The highest BCUT2D eigenvalue weighted by molar-refractivity contribution is 6.21. The van der Waals surface area contributed by atoms with E-state index >= 15 is 0 Å². The summed E-state index contributed by atoms with van der Waals surface area (Å²) >= 11 is 0. The molecule has 0 unspecified atom stereocenters. The molecule has 0 N–H and O–H groups in total. The van der Waals surface area contributed by atoms with Crippen LogP contribution in [0.1, 0.15) is 77.6 Å². The quantitative estimate of drug-likeness (QED) is 0.156. The van der Waals surface area contributed by atoms with Gasteiger partial charge in [-0.1, -0.05) is 261 Å². The van der Waals surface area contributed by atoms with Gasteiger partial charge < -0.3 is 0 Å². The van der Waals surface area contributed by atoms with Crippen molar-refractivity contribution in [2.24, 2.45) is 0 Å². The lowest BCUT2D eigenvalue weighted by molar-refractivity contribution is 0.590. The minimum Gasteiger partial charge on any atom is -0.0683 e. The van der Waals surface area contributed by atoms with Crippen LogP contribution in [-0.2, 0) is 10.8 Å². The molecule has 0 saturated carbocycles. The van der Waals surface area contributed by atoms with Crippen LogP contribution in [0.4, 0.5) is 0 Å². The van der Waals surface area contributed by atoms with Crippen LogP contribution in [-0.4, -0.2) is 0 Å². The molecule has 0 saturated heterocycles. The molecule has 0 aliphatic heterocycles. The number of rotatable bonds is 3. The van der Waals surface area contributed by atoms with Crippen molar-refractivity contribution in [3.05, 3.63) is 229 Å². The Morgan fingerprint density at radius 2 is 0.641 bits per heavy atom. The highest BCUT2D eigenvalue weighted by Gasteiger charge is 2.21. The Labute approximate surface area is 383 Å². The predicted molar refractivity (Wildman–Crippen MR) is 284 cm³/mol. The third-order valence-corrected chi connectivity index (χ3v) is 12.0. The third-order valence-electron chi connectivity index (χ3n) is 12.0. The van der Waals surface area contributed by atoms with Crippen LogP contribution >= 0.6 is 0 Å². The fourth-order valence-corrected chi connectivity index (χ4v) is 8.64. The van der Waals surface area contributed by atoms with Gasteiger partial charge in [0.1, 0.15) is 0 Å². The van der Waals surface area contributed by atoms with E-state index in [1.807, 2.05) is 32.0 Å². The van der Waals surface area contributed by atoms with Gasteiger partial charge in [0, 0.05) is 0 Å². The molecule has 0 heteroatoms. The molecule has 0 atom stereocenters. The van der Waals surface area contributed by atoms with Crippen LogP contribution in [0.5, 0.6) is 0 Å². The molecule has 0 nitrogen and oxygen atoms in total. The topological polar surface area (TPSA) is 0 Å². The molecule has 0 aromatic heterocycles. The molecule has 0 spiro atoms. The Kier molecular flexibility index (Phi) is 14.0. The van der Waals surface area contributed by atoms with E-state index in [1.165, 1.54) is 98.7 Å². The first kappa shape index (κ1) is 45.3. The molecule has 64 heavy (non-hydrogen) atoms. The van der Waals surface area contributed by atoms with Crippen molar-refractivity contribution in [1.29, 1.82) is 0 Å². The average molecular weight is 833 g/mol. The summed E-state index contributed by atoms with van der Waals surface area (Å²) in [6, 6.07) is 74.6. The van der Waals surface area contributed by atoms with Gasteiger partial charge in [-0.3, -0.25) is 0 Å². The smallest absolute Gasteiger partial charge is 0.00263 e. The molecule has 10 aromatic carbocycles. The Morgan fingerprint density at radius 1 is 0.266 bits per heavy atom. The third kappa shape index (κ3) is 10.0. The van der Waals surface area contributed by atoms with E-state index in [2.05, 4.69) is 243 Å². The summed E-state index contributed by atoms with van der Waals surface area (Å²) in [4.78, 5) is 0. The van der Waals surface area contributed by atoms with E-state index in [1.54, 1.807) is 0 Å². The zero-order chi connectivity index (χ0) is 45.4. The fraction of sp³-hybridized carbons (Fsp3) is 0.188. The fourth-order valence-electron chi connectivity index (χ4n) is 8.64. The van der Waals surface area contributed by atoms with Crippen molar-refractivity contribution >= 4 is 43.1 Å². The van der Waals surface area contributed by atoms with Gasteiger partial charge in [0.25, 0.3) is 0 Å². The molecule has 0 radical (unpaired) electrons. The monoisotopic (exact) mass is 833 g/mol. The second-order valence-corrected chi connectivity index (χ2v) is 18.7. The lowest BCUT2D eigenvalue weighted by Crippen LogP contribution is -2.10. The summed E-state index contributed by atoms with van der Waals surface area (Å²) in [5, 5.41) is 10.5. The number of hydrogen-bond donors (Lipinski definition) is 0. The molecule has 0 aliphatic rings. The van der Waals surface area contributed by atoms with Crippen molar-refractivity contribution in [2.45, 2.75) is 80.1 Å². The van der Waals surface area contributed by atoms with Crippen LogP contribution in [0.2, 0.25) is 0 Å². The van der Waals surface area contributed by atoms with Gasteiger partial charge in [0.15, 0.2) is 0 Å². The zero-order valence-electron chi connectivity index (χ0n) is 39.6. The van der Waals surface area contributed by atoms with Crippen molar-refractivity contribution in [2.75, 3.05) is 0 Å². The second kappa shape index (κ2) is 19.7. The van der Waals surface area contributed by atoms with Crippen molar-refractivity contribution < 1.29 is 0 Å². The van der Waals surface area contributed by atoms with Gasteiger partial charge in [-0.05, 0) is 124 Å². The molecule has 320 valence electrons. The number of benzene rings is 10. The van der Waals surface area contributed by atoms with Crippen LogP contribution < -0.4 is 0 Å². The molecule has 0 bridgehead atoms. The number of aryl methyl sites for hydroxylation is 2. The standard InChI is InChI=1S/C31H28.C24H22.C7H8.C2H6/c1-21-15-17-25-27(19-21)29(22-11-7-5-8-12-22)26-18-16-24(31(2,3)4)20-28(26)30(25)23-13-9-6-10-14-23;1-24(2,3)20-14-12-17(13-15-20)23-21-10-6-4-8-18(21)16-19-9-5-7-11-22(19)23;1-7-5-3-2-4-6-7;1-2/h5-20H,1-4H3;4-16H,1-3H3;2-6H,1H3;1-2H3. The molecule has 0 amide bonds. The lowest BCUT2D eigenvalue weighted by atomic mass is 9.81. The van der Waals surface area contributed by atoms with Crippen LogP contribution in [0.25, 0.3) is 76.5 Å². The van der Waals surface area contributed by atoms with E-state index in [0.29, 0.717) is 0 Å². The molecule has 0 heterocycles. The molecular formula is C64H64. The van der Waals surface area contributed by atoms with Crippen LogP contribution in [0.3, 0.4) is 0 Å². The normalized spacial score (nSPS) is 11.3. The van der Waals surface area contributed by atoms with Gasteiger partial charge in [-0.25, -0.2) is 0 Å². The van der Waals surface area contributed by atoms with E-state index < -0.39 is 0 Å². The first-order chi connectivity index (χ1) is 30.9. The summed E-state index contributed by atoms with van der Waals surface area (Å²) in [7, 11) is 0.